The van der Waals surface area contributed by atoms with Crippen LogP contribution in [-0.4, -0.2) is 63.9 Å². The molecule has 1 unspecified atom stereocenters. The maximum Gasteiger partial charge on any atom is 0.248 e. The van der Waals surface area contributed by atoms with Crippen molar-refractivity contribution in [2.75, 3.05) is 47.1 Å². The number of amides is 1. The maximum atomic E-state index is 11.6. The zero-order valence-corrected chi connectivity index (χ0v) is 10.7. The normalized spacial score (nSPS) is 19.6. The van der Waals surface area contributed by atoms with Gasteiger partial charge in [-0.2, -0.15) is 0 Å². The lowest BCUT2D eigenvalue weighted by molar-refractivity contribution is -0.135. The molecule has 1 atom stereocenters. The molecule has 96 valence electrons. The van der Waals surface area contributed by atoms with E-state index in [1.54, 1.807) is 7.11 Å². The molecule has 1 amide bonds. The molecular weight excluding hydrogens is 232 g/mol. The maximum absolute atomic E-state index is 11.6. The van der Waals surface area contributed by atoms with Gasteiger partial charge in [0.25, 0.3) is 0 Å². The van der Waals surface area contributed by atoms with Crippen LogP contribution >= 0.6 is 12.4 Å². The van der Waals surface area contributed by atoms with Crippen molar-refractivity contribution in [2.24, 2.45) is 0 Å². The van der Waals surface area contributed by atoms with Crippen LogP contribution in [0.15, 0.2) is 0 Å². The van der Waals surface area contributed by atoms with Crippen LogP contribution < -0.4 is 5.32 Å². The molecule has 0 aliphatic carbocycles. The van der Waals surface area contributed by atoms with Gasteiger partial charge < -0.3 is 19.7 Å². The number of nitrogens with zero attached hydrogens (tertiary/aromatic N) is 1. The first-order valence-electron chi connectivity index (χ1n) is 5.29. The second-order valence-corrected chi connectivity index (χ2v) is 3.66. The van der Waals surface area contributed by atoms with Crippen LogP contribution in [0.3, 0.4) is 0 Å². The van der Waals surface area contributed by atoms with Crippen molar-refractivity contribution in [1.29, 1.82) is 0 Å². The van der Waals surface area contributed by atoms with Gasteiger partial charge in [0, 0.05) is 26.2 Å². The Morgan fingerprint density at radius 3 is 2.81 bits per heavy atom. The third kappa shape index (κ3) is 5.12. The molecule has 1 N–H and O–H groups in total. The monoisotopic (exact) mass is 252 g/mol. The van der Waals surface area contributed by atoms with Crippen molar-refractivity contribution in [1.82, 2.24) is 10.2 Å². The number of rotatable bonds is 6. The number of likely N-dealkylation sites (N-methyl/N-ethyl adjacent to an activating group) is 1. The molecule has 0 bridgehead atoms. The highest BCUT2D eigenvalue weighted by Gasteiger charge is 2.24. The summed E-state index contributed by atoms with van der Waals surface area (Å²) in [6.07, 6.45) is 1.03. The predicted octanol–water partition coefficient (Wildman–Crippen LogP) is -0.108. The molecule has 0 radical (unpaired) electrons. The molecule has 5 nitrogen and oxygen atoms in total. The average Bonchev–Trinajstić information content (AvgIpc) is 2.72. The fraction of sp³-hybridized carbons (Fsp3) is 0.900. The third-order valence-electron chi connectivity index (χ3n) is 2.61. The lowest BCUT2D eigenvalue weighted by atomic mass is 10.3. The zero-order valence-electron chi connectivity index (χ0n) is 9.90. The molecular formula is C10H21ClN2O3. The van der Waals surface area contributed by atoms with Crippen LogP contribution in [-0.2, 0) is 14.3 Å². The van der Waals surface area contributed by atoms with E-state index in [1.807, 2.05) is 11.9 Å². The summed E-state index contributed by atoms with van der Waals surface area (Å²) < 4.78 is 10.0. The number of likely N-dealkylation sites (tertiary alicyclic amines) is 1. The summed E-state index contributed by atoms with van der Waals surface area (Å²) in [5, 5.41) is 3.17. The topological polar surface area (TPSA) is 50.8 Å². The van der Waals surface area contributed by atoms with Gasteiger partial charge in [-0.15, -0.1) is 12.4 Å². The smallest absolute Gasteiger partial charge is 0.248 e. The molecule has 1 heterocycles. The minimum atomic E-state index is 0. The van der Waals surface area contributed by atoms with Gasteiger partial charge in [-0.1, -0.05) is 0 Å². The molecule has 0 spiro atoms. The number of hydrogen-bond donors (Lipinski definition) is 1. The van der Waals surface area contributed by atoms with Gasteiger partial charge in [-0.25, -0.2) is 0 Å². The van der Waals surface area contributed by atoms with Gasteiger partial charge in [0.05, 0.1) is 13.2 Å². The SMILES string of the molecule is CNC1CCN(C(=O)COCCOC)C1.Cl. The van der Waals surface area contributed by atoms with Gasteiger partial charge in [-0.05, 0) is 13.5 Å². The first-order valence-corrected chi connectivity index (χ1v) is 5.29. The predicted molar refractivity (Wildman–Crippen MR) is 64.0 cm³/mol. The van der Waals surface area contributed by atoms with Gasteiger partial charge in [0.1, 0.15) is 6.61 Å². The second-order valence-electron chi connectivity index (χ2n) is 3.66. The highest BCUT2D eigenvalue weighted by atomic mass is 35.5. The zero-order chi connectivity index (χ0) is 11.1. The van der Waals surface area contributed by atoms with E-state index in [0.717, 1.165) is 19.5 Å². The first kappa shape index (κ1) is 15.6. The summed E-state index contributed by atoms with van der Waals surface area (Å²) in [5.74, 6) is 0.0730. The quantitative estimate of drug-likeness (QED) is 0.671. The van der Waals surface area contributed by atoms with Crippen LogP contribution in [0, 0.1) is 0 Å². The second kappa shape index (κ2) is 8.75. The Morgan fingerprint density at radius 1 is 1.50 bits per heavy atom. The number of nitrogens with one attached hydrogen (secondary N) is 1. The van der Waals surface area contributed by atoms with Crippen LogP contribution in [0.4, 0.5) is 0 Å². The van der Waals surface area contributed by atoms with E-state index in [2.05, 4.69) is 5.32 Å². The summed E-state index contributed by atoms with van der Waals surface area (Å²) in [7, 11) is 3.54. The Labute approximate surface area is 103 Å². The molecule has 1 aliphatic rings. The standard InChI is InChI=1S/C10H20N2O3.ClH/c1-11-9-3-4-12(7-9)10(13)8-15-6-5-14-2;/h9,11H,3-8H2,1-2H3;1H. The van der Waals surface area contributed by atoms with E-state index in [4.69, 9.17) is 9.47 Å². The molecule has 1 saturated heterocycles. The number of hydrogen-bond acceptors (Lipinski definition) is 4. The Bertz CT molecular complexity index is 205. The van der Waals surface area contributed by atoms with Crippen LogP contribution in [0.1, 0.15) is 6.42 Å². The van der Waals surface area contributed by atoms with Crippen LogP contribution in [0.5, 0.6) is 0 Å². The van der Waals surface area contributed by atoms with E-state index in [9.17, 15) is 4.79 Å². The number of carbonyl (C=O) groups excluding carboxylic acids is 1. The molecule has 1 aliphatic heterocycles. The molecule has 1 rings (SSSR count). The molecule has 16 heavy (non-hydrogen) atoms. The molecule has 6 heteroatoms. The van der Waals surface area contributed by atoms with E-state index in [0.29, 0.717) is 19.3 Å². The van der Waals surface area contributed by atoms with E-state index < -0.39 is 0 Å². The van der Waals surface area contributed by atoms with Crippen molar-refractivity contribution in [3.63, 3.8) is 0 Å². The lowest BCUT2D eigenvalue weighted by Gasteiger charge is -2.16. The summed E-state index contributed by atoms with van der Waals surface area (Å²) in [6, 6.07) is 0.438. The van der Waals surface area contributed by atoms with Crippen LogP contribution in [0.2, 0.25) is 0 Å². The Hall–Kier alpha value is -0.360. The highest BCUT2D eigenvalue weighted by Crippen LogP contribution is 2.08. The fourth-order valence-electron chi connectivity index (χ4n) is 1.62. The summed E-state index contributed by atoms with van der Waals surface area (Å²) in [5.41, 5.74) is 0. The molecule has 1 fully saturated rings. The van der Waals surface area contributed by atoms with Gasteiger partial charge >= 0.3 is 0 Å². The van der Waals surface area contributed by atoms with E-state index in [1.165, 1.54) is 0 Å². The largest absolute Gasteiger partial charge is 0.382 e. The fourth-order valence-corrected chi connectivity index (χ4v) is 1.62. The molecule has 0 aromatic carbocycles. The van der Waals surface area contributed by atoms with E-state index in [-0.39, 0.29) is 24.9 Å². The number of carbonyl (C=O) groups is 1. The Kier molecular flexibility index (Phi) is 8.56. The lowest BCUT2D eigenvalue weighted by Crippen LogP contribution is -2.35. The number of halogens is 1. The van der Waals surface area contributed by atoms with Gasteiger partial charge in [0.15, 0.2) is 0 Å². The summed E-state index contributed by atoms with van der Waals surface area (Å²) in [6.45, 7) is 2.80. The van der Waals surface area contributed by atoms with Crippen molar-refractivity contribution >= 4 is 18.3 Å². The third-order valence-corrected chi connectivity index (χ3v) is 2.61. The Morgan fingerprint density at radius 2 is 2.25 bits per heavy atom. The van der Waals surface area contributed by atoms with Crippen molar-refractivity contribution in [2.45, 2.75) is 12.5 Å². The minimum Gasteiger partial charge on any atom is -0.382 e. The minimum absolute atomic E-state index is 0. The van der Waals surface area contributed by atoms with Gasteiger partial charge in [0.2, 0.25) is 5.91 Å². The highest BCUT2D eigenvalue weighted by molar-refractivity contribution is 5.85. The molecule has 0 aromatic rings. The average molecular weight is 253 g/mol. The molecule has 0 saturated carbocycles. The van der Waals surface area contributed by atoms with Crippen molar-refractivity contribution in [3.05, 3.63) is 0 Å². The van der Waals surface area contributed by atoms with Gasteiger partial charge in [-0.3, -0.25) is 4.79 Å². The Balaban J connectivity index is 0.00000225. The number of ether oxygens (including phenoxy) is 2. The van der Waals surface area contributed by atoms with Crippen molar-refractivity contribution < 1.29 is 14.3 Å². The van der Waals surface area contributed by atoms with Crippen molar-refractivity contribution in [3.8, 4) is 0 Å². The van der Waals surface area contributed by atoms with E-state index >= 15 is 0 Å². The molecule has 0 aromatic heterocycles. The first-order chi connectivity index (χ1) is 7.27. The summed E-state index contributed by atoms with van der Waals surface area (Å²) >= 11 is 0. The summed E-state index contributed by atoms with van der Waals surface area (Å²) in [4.78, 5) is 13.4. The van der Waals surface area contributed by atoms with Crippen LogP contribution in [0.25, 0.3) is 0 Å². The number of methoxy groups -OCH3 is 1.